The minimum atomic E-state index is -0.416. The van der Waals surface area contributed by atoms with Crippen LogP contribution in [0, 0.1) is 5.92 Å². The predicted molar refractivity (Wildman–Crippen MR) is 59.6 cm³/mol. The molecule has 0 aliphatic carbocycles. The van der Waals surface area contributed by atoms with E-state index in [0.717, 1.165) is 6.42 Å². The average Bonchev–Trinajstić information content (AvgIpc) is 2.16. The van der Waals surface area contributed by atoms with E-state index >= 15 is 0 Å². The number of hydrogen-bond donors (Lipinski definition) is 1. The van der Waals surface area contributed by atoms with E-state index in [1.807, 2.05) is 0 Å². The van der Waals surface area contributed by atoms with Crippen molar-refractivity contribution in [1.29, 1.82) is 0 Å². The molecule has 4 heteroatoms. The topological polar surface area (TPSA) is 49.8 Å². The number of ether oxygens (including phenoxy) is 1. The highest BCUT2D eigenvalue weighted by Crippen LogP contribution is 2.03. The molecule has 0 radical (unpaired) electrons. The van der Waals surface area contributed by atoms with Crippen molar-refractivity contribution in [1.82, 2.24) is 4.90 Å². The Morgan fingerprint density at radius 3 is 2.47 bits per heavy atom. The lowest BCUT2D eigenvalue weighted by molar-refractivity contribution is -0.141. The summed E-state index contributed by atoms with van der Waals surface area (Å²) in [6.07, 6.45) is 0.543. The fraction of sp³-hybridized carbons (Fsp3) is 0.909. The zero-order chi connectivity index (χ0) is 11.8. The molecule has 15 heavy (non-hydrogen) atoms. The van der Waals surface area contributed by atoms with E-state index in [0.29, 0.717) is 19.1 Å². The van der Waals surface area contributed by atoms with Crippen LogP contribution in [0.4, 0.5) is 0 Å². The van der Waals surface area contributed by atoms with E-state index in [4.69, 9.17) is 9.84 Å². The quantitative estimate of drug-likeness (QED) is 0.689. The summed E-state index contributed by atoms with van der Waals surface area (Å²) in [5.41, 5.74) is 0. The molecule has 1 N–H and O–H groups in total. The number of likely N-dealkylation sites (N-methyl/N-ethyl adjacent to an activating group) is 1. The van der Waals surface area contributed by atoms with Gasteiger partial charge in [0.25, 0.3) is 5.91 Å². The van der Waals surface area contributed by atoms with Crippen molar-refractivity contribution in [3.05, 3.63) is 0 Å². The Kier molecular flexibility index (Phi) is 7.34. The van der Waals surface area contributed by atoms with Crippen LogP contribution in [0.3, 0.4) is 0 Å². The standard InChI is InChI=1S/C11H23NO3/c1-9(2)5-8-15-10(3)11(14)12(4)6-7-13/h9-10,13H,5-8H2,1-4H3. The normalized spacial score (nSPS) is 12.9. The molecule has 0 saturated heterocycles. The summed E-state index contributed by atoms with van der Waals surface area (Å²) >= 11 is 0. The Labute approximate surface area is 92.2 Å². The molecule has 0 aromatic heterocycles. The van der Waals surface area contributed by atoms with Crippen LogP contribution < -0.4 is 0 Å². The van der Waals surface area contributed by atoms with Gasteiger partial charge in [0.1, 0.15) is 6.10 Å². The zero-order valence-corrected chi connectivity index (χ0v) is 10.2. The predicted octanol–water partition coefficient (Wildman–Crippen LogP) is 0.888. The third kappa shape index (κ3) is 6.47. The second-order valence-electron chi connectivity index (χ2n) is 4.18. The van der Waals surface area contributed by atoms with Crippen LogP contribution >= 0.6 is 0 Å². The number of carbonyl (C=O) groups is 1. The maximum absolute atomic E-state index is 11.6. The van der Waals surface area contributed by atoms with Gasteiger partial charge in [0.15, 0.2) is 0 Å². The molecule has 0 rings (SSSR count). The first-order chi connectivity index (χ1) is 6.99. The van der Waals surface area contributed by atoms with Gasteiger partial charge >= 0.3 is 0 Å². The Balaban J connectivity index is 3.78. The molecule has 0 spiro atoms. The van der Waals surface area contributed by atoms with Gasteiger partial charge in [-0.25, -0.2) is 0 Å². The molecule has 4 nitrogen and oxygen atoms in total. The summed E-state index contributed by atoms with van der Waals surface area (Å²) < 4.78 is 5.41. The van der Waals surface area contributed by atoms with Crippen molar-refractivity contribution < 1.29 is 14.6 Å². The molecule has 0 aliphatic rings. The number of amides is 1. The third-order valence-electron chi connectivity index (χ3n) is 2.22. The molecular weight excluding hydrogens is 194 g/mol. The van der Waals surface area contributed by atoms with Crippen LogP contribution in [-0.4, -0.2) is 48.8 Å². The summed E-state index contributed by atoms with van der Waals surface area (Å²) in [5.74, 6) is 0.510. The fourth-order valence-corrected chi connectivity index (χ4v) is 1.12. The van der Waals surface area contributed by atoms with E-state index in [9.17, 15) is 4.79 Å². The van der Waals surface area contributed by atoms with Gasteiger partial charge in [0.2, 0.25) is 0 Å². The maximum atomic E-state index is 11.6. The van der Waals surface area contributed by atoms with Gasteiger partial charge in [0, 0.05) is 20.2 Å². The molecule has 0 saturated carbocycles. The lowest BCUT2D eigenvalue weighted by atomic mass is 10.1. The Morgan fingerprint density at radius 2 is 2.00 bits per heavy atom. The van der Waals surface area contributed by atoms with E-state index < -0.39 is 6.10 Å². The number of nitrogens with zero attached hydrogens (tertiary/aromatic N) is 1. The van der Waals surface area contributed by atoms with Gasteiger partial charge in [-0.15, -0.1) is 0 Å². The molecule has 0 fully saturated rings. The lowest BCUT2D eigenvalue weighted by Crippen LogP contribution is -2.38. The lowest BCUT2D eigenvalue weighted by Gasteiger charge is -2.20. The van der Waals surface area contributed by atoms with Gasteiger partial charge in [0.05, 0.1) is 6.61 Å². The second kappa shape index (κ2) is 7.65. The fourth-order valence-electron chi connectivity index (χ4n) is 1.12. The molecule has 0 aromatic carbocycles. The molecule has 1 unspecified atom stereocenters. The number of aliphatic hydroxyl groups excluding tert-OH is 1. The van der Waals surface area contributed by atoms with Crippen molar-refractivity contribution in [3.8, 4) is 0 Å². The minimum Gasteiger partial charge on any atom is -0.395 e. The summed E-state index contributed by atoms with van der Waals surface area (Å²) in [4.78, 5) is 13.1. The highest BCUT2D eigenvalue weighted by atomic mass is 16.5. The van der Waals surface area contributed by atoms with Crippen LogP contribution in [0.2, 0.25) is 0 Å². The third-order valence-corrected chi connectivity index (χ3v) is 2.22. The smallest absolute Gasteiger partial charge is 0.251 e. The van der Waals surface area contributed by atoms with E-state index in [1.165, 1.54) is 4.90 Å². The largest absolute Gasteiger partial charge is 0.395 e. The Bertz CT molecular complexity index is 183. The summed E-state index contributed by atoms with van der Waals surface area (Å²) in [5, 5.41) is 8.68. The summed E-state index contributed by atoms with van der Waals surface area (Å²) in [7, 11) is 1.67. The van der Waals surface area contributed by atoms with Gasteiger partial charge < -0.3 is 14.7 Å². The maximum Gasteiger partial charge on any atom is 0.251 e. The van der Waals surface area contributed by atoms with Crippen LogP contribution in [0.25, 0.3) is 0 Å². The molecule has 0 aromatic rings. The first kappa shape index (κ1) is 14.4. The summed E-state index contributed by atoms with van der Waals surface area (Å²) in [6, 6.07) is 0. The molecular formula is C11H23NO3. The highest BCUT2D eigenvalue weighted by molar-refractivity contribution is 5.80. The molecule has 90 valence electrons. The number of rotatable bonds is 7. The minimum absolute atomic E-state index is 0.0129. The van der Waals surface area contributed by atoms with E-state index in [1.54, 1.807) is 14.0 Å². The van der Waals surface area contributed by atoms with Crippen LogP contribution in [-0.2, 0) is 9.53 Å². The van der Waals surface area contributed by atoms with Gasteiger partial charge in [-0.2, -0.15) is 0 Å². The first-order valence-corrected chi connectivity index (χ1v) is 5.46. The molecule has 1 amide bonds. The van der Waals surface area contributed by atoms with Gasteiger partial charge in [-0.05, 0) is 19.3 Å². The second-order valence-corrected chi connectivity index (χ2v) is 4.18. The van der Waals surface area contributed by atoms with Crippen LogP contribution in [0.1, 0.15) is 27.2 Å². The number of carbonyl (C=O) groups excluding carboxylic acids is 1. The molecule has 0 aliphatic heterocycles. The van der Waals surface area contributed by atoms with Crippen LogP contribution in [0.5, 0.6) is 0 Å². The van der Waals surface area contributed by atoms with Gasteiger partial charge in [-0.3, -0.25) is 4.79 Å². The van der Waals surface area contributed by atoms with Crippen molar-refractivity contribution in [2.24, 2.45) is 5.92 Å². The van der Waals surface area contributed by atoms with E-state index in [-0.39, 0.29) is 12.5 Å². The highest BCUT2D eigenvalue weighted by Gasteiger charge is 2.17. The Morgan fingerprint density at radius 1 is 1.40 bits per heavy atom. The monoisotopic (exact) mass is 217 g/mol. The average molecular weight is 217 g/mol. The van der Waals surface area contributed by atoms with Gasteiger partial charge in [-0.1, -0.05) is 13.8 Å². The van der Waals surface area contributed by atoms with Crippen molar-refractivity contribution >= 4 is 5.91 Å². The van der Waals surface area contributed by atoms with E-state index in [2.05, 4.69) is 13.8 Å². The SMILES string of the molecule is CC(C)CCOC(C)C(=O)N(C)CCO. The zero-order valence-electron chi connectivity index (χ0n) is 10.2. The van der Waals surface area contributed by atoms with Crippen molar-refractivity contribution in [2.75, 3.05) is 26.8 Å². The first-order valence-electron chi connectivity index (χ1n) is 5.46. The van der Waals surface area contributed by atoms with Crippen LogP contribution in [0.15, 0.2) is 0 Å². The molecule has 1 atom stereocenters. The Hall–Kier alpha value is -0.610. The number of aliphatic hydroxyl groups is 1. The summed E-state index contributed by atoms with van der Waals surface area (Å²) in [6.45, 7) is 6.94. The van der Waals surface area contributed by atoms with Crippen molar-refractivity contribution in [2.45, 2.75) is 33.3 Å². The molecule has 0 bridgehead atoms. The number of hydrogen-bond acceptors (Lipinski definition) is 3. The van der Waals surface area contributed by atoms with Crippen molar-refractivity contribution in [3.63, 3.8) is 0 Å². The molecule has 0 heterocycles.